The van der Waals surface area contributed by atoms with Crippen molar-refractivity contribution >= 4 is 23.2 Å². The van der Waals surface area contributed by atoms with Gasteiger partial charge in [-0.3, -0.25) is 4.79 Å². The molecule has 1 heterocycles. The monoisotopic (exact) mass is 376 g/mol. The molecule has 2 aromatic carbocycles. The molecular weight excluding hydrogens is 364 g/mol. The van der Waals surface area contributed by atoms with E-state index in [-0.39, 0.29) is 23.0 Å². The van der Waals surface area contributed by atoms with Gasteiger partial charge >= 0.3 is 0 Å². The molecule has 0 saturated heterocycles. The van der Waals surface area contributed by atoms with E-state index in [9.17, 15) is 22.4 Å². The van der Waals surface area contributed by atoms with Crippen LogP contribution in [0.3, 0.4) is 0 Å². The fourth-order valence-corrected chi connectivity index (χ4v) is 2.22. The summed E-state index contributed by atoms with van der Waals surface area (Å²) in [6, 6.07) is 7.16. The number of benzene rings is 2. The van der Waals surface area contributed by atoms with Crippen LogP contribution in [0, 0.1) is 30.2 Å². The third-order valence-electron chi connectivity index (χ3n) is 3.44. The van der Waals surface area contributed by atoms with E-state index >= 15 is 0 Å². The molecule has 0 radical (unpaired) electrons. The number of hydrogen-bond acceptors (Lipinski definition) is 4. The maximum Gasteiger partial charge on any atom is 0.274 e. The Labute approximate surface area is 151 Å². The average Bonchev–Trinajstić information content (AvgIpc) is 2.60. The first kappa shape index (κ1) is 18.3. The largest absolute Gasteiger partial charge is 0.322 e. The molecule has 2 N–H and O–H groups in total. The van der Waals surface area contributed by atoms with E-state index in [2.05, 4.69) is 20.6 Å². The molecule has 0 aliphatic heterocycles. The zero-order valence-electron chi connectivity index (χ0n) is 13.9. The van der Waals surface area contributed by atoms with Crippen LogP contribution in [0.15, 0.2) is 42.5 Å². The predicted molar refractivity (Wildman–Crippen MR) is 90.7 cm³/mol. The zero-order valence-corrected chi connectivity index (χ0v) is 13.9. The minimum atomic E-state index is -1.11. The number of rotatable bonds is 4. The third kappa shape index (κ3) is 4.38. The molecule has 0 atom stereocenters. The summed E-state index contributed by atoms with van der Waals surface area (Å²) >= 11 is 0. The average molecular weight is 376 g/mol. The molecule has 0 fully saturated rings. The smallest absolute Gasteiger partial charge is 0.274 e. The summed E-state index contributed by atoms with van der Waals surface area (Å²) in [5.41, 5.74) is 0.269. The summed E-state index contributed by atoms with van der Waals surface area (Å²) in [6.07, 6.45) is 0. The molecule has 3 rings (SSSR count). The maximum absolute atomic E-state index is 13.8. The van der Waals surface area contributed by atoms with E-state index in [1.165, 1.54) is 12.1 Å². The lowest BCUT2D eigenvalue weighted by atomic mass is 10.2. The quantitative estimate of drug-likeness (QED) is 0.665. The molecule has 0 spiro atoms. The minimum Gasteiger partial charge on any atom is -0.322 e. The number of hydrogen-bond donors (Lipinski definition) is 2. The van der Waals surface area contributed by atoms with E-state index in [0.29, 0.717) is 11.8 Å². The van der Waals surface area contributed by atoms with Crippen LogP contribution < -0.4 is 10.6 Å². The lowest BCUT2D eigenvalue weighted by Crippen LogP contribution is -2.16. The summed E-state index contributed by atoms with van der Waals surface area (Å²) < 4.78 is 52.9. The second-order valence-corrected chi connectivity index (χ2v) is 5.55. The van der Waals surface area contributed by atoms with Crippen molar-refractivity contribution in [2.75, 3.05) is 10.6 Å². The Balaban J connectivity index is 1.83. The van der Waals surface area contributed by atoms with Gasteiger partial charge in [0.1, 0.15) is 17.3 Å². The number of aromatic nitrogens is 2. The summed E-state index contributed by atoms with van der Waals surface area (Å²) in [6.45, 7) is 1.59. The van der Waals surface area contributed by atoms with Crippen LogP contribution in [0.4, 0.5) is 34.9 Å². The maximum atomic E-state index is 13.8. The van der Waals surface area contributed by atoms with Gasteiger partial charge in [0.05, 0.1) is 5.69 Å². The van der Waals surface area contributed by atoms with Crippen LogP contribution in [0.2, 0.25) is 0 Å². The number of anilines is 3. The Hall–Kier alpha value is -3.49. The Morgan fingerprint density at radius 3 is 2.37 bits per heavy atom. The highest BCUT2D eigenvalue weighted by molar-refractivity contribution is 6.03. The summed E-state index contributed by atoms with van der Waals surface area (Å²) in [7, 11) is 0. The van der Waals surface area contributed by atoms with Gasteiger partial charge in [-0.05, 0) is 37.3 Å². The van der Waals surface area contributed by atoms with Crippen LogP contribution in [0.5, 0.6) is 0 Å². The summed E-state index contributed by atoms with van der Waals surface area (Å²) in [5.74, 6) is -4.53. The van der Waals surface area contributed by atoms with Gasteiger partial charge in [0.25, 0.3) is 5.91 Å². The first-order valence-electron chi connectivity index (χ1n) is 7.66. The molecule has 0 unspecified atom stereocenters. The molecule has 1 aromatic heterocycles. The molecule has 5 nitrogen and oxygen atoms in total. The van der Waals surface area contributed by atoms with Gasteiger partial charge in [0.15, 0.2) is 11.6 Å². The molecule has 0 aliphatic carbocycles. The highest BCUT2D eigenvalue weighted by Crippen LogP contribution is 2.19. The number of amides is 1. The molecule has 0 saturated carbocycles. The van der Waals surface area contributed by atoms with Crippen molar-refractivity contribution in [2.45, 2.75) is 6.92 Å². The molecule has 1 amide bonds. The van der Waals surface area contributed by atoms with E-state index in [1.54, 1.807) is 6.92 Å². The summed E-state index contributed by atoms with van der Waals surface area (Å²) in [4.78, 5) is 20.3. The van der Waals surface area contributed by atoms with Crippen molar-refractivity contribution in [3.63, 3.8) is 0 Å². The first-order chi connectivity index (χ1) is 12.8. The minimum absolute atomic E-state index is 0.0363. The van der Waals surface area contributed by atoms with Crippen molar-refractivity contribution in [2.24, 2.45) is 0 Å². The topological polar surface area (TPSA) is 66.9 Å². The number of halogens is 4. The Morgan fingerprint density at radius 2 is 1.67 bits per heavy atom. The van der Waals surface area contributed by atoms with Crippen molar-refractivity contribution in [1.29, 1.82) is 0 Å². The number of nitrogens with zero attached hydrogens (tertiary/aromatic N) is 2. The number of carbonyl (C=O) groups excluding carboxylic acids is 1. The Morgan fingerprint density at radius 1 is 0.889 bits per heavy atom. The van der Waals surface area contributed by atoms with Gasteiger partial charge in [0, 0.05) is 23.5 Å². The van der Waals surface area contributed by atoms with Crippen molar-refractivity contribution in [1.82, 2.24) is 9.97 Å². The fourth-order valence-electron chi connectivity index (χ4n) is 2.22. The molecule has 3 aromatic rings. The molecular formula is C18H12F4N4O. The first-order valence-corrected chi connectivity index (χ1v) is 7.66. The predicted octanol–water partition coefficient (Wildman–Crippen LogP) is 4.34. The number of nitrogens with one attached hydrogen (secondary N) is 2. The fraction of sp³-hybridized carbons (Fsp3) is 0.0556. The SMILES string of the molecule is Cc1cc(C(=O)Nc2ccc(F)c(F)c2)nc(Nc2ccc(F)cc2F)n1. The molecule has 0 aliphatic rings. The second-order valence-electron chi connectivity index (χ2n) is 5.55. The second kappa shape index (κ2) is 7.40. The van der Waals surface area contributed by atoms with Gasteiger partial charge in [-0.15, -0.1) is 0 Å². The van der Waals surface area contributed by atoms with E-state index < -0.39 is 29.2 Å². The zero-order chi connectivity index (χ0) is 19.6. The molecule has 0 bridgehead atoms. The van der Waals surface area contributed by atoms with Crippen molar-refractivity contribution in [3.8, 4) is 0 Å². The molecule has 27 heavy (non-hydrogen) atoms. The van der Waals surface area contributed by atoms with Gasteiger partial charge < -0.3 is 10.6 Å². The van der Waals surface area contributed by atoms with Crippen molar-refractivity contribution in [3.05, 3.63) is 77.1 Å². The third-order valence-corrected chi connectivity index (χ3v) is 3.44. The van der Waals surface area contributed by atoms with Gasteiger partial charge in [-0.25, -0.2) is 27.5 Å². The van der Waals surface area contributed by atoms with E-state index in [4.69, 9.17) is 0 Å². The molecule has 9 heteroatoms. The highest BCUT2D eigenvalue weighted by atomic mass is 19.2. The number of aryl methyl sites for hydroxylation is 1. The van der Waals surface area contributed by atoms with Crippen molar-refractivity contribution < 1.29 is 22.4 Å². The van der Waals surface area contributed by atoms with Gasteiger partial charge in [-0.1, -0.05) is 0 Å². The lowest BCUT2D eigenvalue weighted by Gasteiger charge is -2.10. The van der Waals surface area contributed by atoms with Crippen LogP contribution in [0.25, 0.3) is 0 Å². The highest BCUT2D eigenvalue weighted by Gasteiger charge is 2.13. The van der Waals surface area contributed by atoms with Crippen LogP contribution in [-0.2, 0) is 0 Å². The number of carbonyl (C=O) groups is 1. The Kier molecular flexibility index (Phi) is 5.02. The van der Waals surface area contributed by atoms with Crippen LogP contribution in [-0.4, -0.2) is 15.9 Å². The standard InChI is InChI=1S/C18H12F4N4O/c1-9-6-16(17(27)24-11-3-4-12(20)13(21)8-11)26-18(23-9)25-15-5-2-10(19)7-14(15)22/h2-8H,1H3,(H,24,27)(H,23,25,26). The van der Waals surface area contributed by atoms with E-state index in [1.807, 2.05) is 0 Å². The van der Waals surface area contributed by atoms with Crippen LogP contribution in [0.1, 0.15) is 16.2 Å². The lowest BCUT2D eigenvalue weighted by molar-refractivity contribution is 0.102. The normalized spacial score (nSPS) is 10.6. The van der Waals surface area contributed by atoms with Crippen LogP contribution >= 0.6 is 0 Å². The van der Waals surface area contributed by atoms with Gasteiger partial charge in [0.2, 0.25) is 5.95 Å². The molecule has 138 valence electrons. The van der Waals surface area contributed by atoms with Gasteiger partial charge in [-0.2, -0.15) is 0 Å². The summed E-state index contributed by atoms with van der Waals surface area (Å²) in [5, 5.41) is 4.94. The van der Waals surface area contributed by atoms with E-state index in [0.717, 1.165) is 24.3 Å². The Bertz CT molecular complexity index is 1030.